The van der Waals surface area contributed by atoms with Crippen LogP contribution in [0.2, 0.25) is 0 Å². The highest BCUT2D eigenvalue weighted by molar-refractivity contribution is 14.0. The Kier molecular flexibility index (Phi) is 9.61. The average Bonchev–Trinajstić information content (AvgIpc) is 2.38. The summed E-state index contributed by atoms with van der Waals surface area (Å²) in [7, 11) is 0. The number of halogens is 1. The lowest BCUT2D eigenvalue weighted by molar-refractivity contribution is 0.241. The second-order valence-electron chi connectivity index (χ2n) is 5.41. The molecule has 0 spiro atoms. The molecule has 0 aliphatic heterocycles. The fraction of sp³-hybridized carbons (Fsp3) is 0.562. The minimum absolute atomic E-state index is 0. The Labute approximate surface area is 146 Å². The van der Waals surface area contributed by atoms with Gasteiger partial charge in [0.1, 0.15) is 0 Å². The Bertz CT molecular complexity index is 458. The maximum atomic E-state index is 5.92. The van der Waals surface area contributed by atoms with E-state index in [1.165, 1.54) is 11.1 Å². The van der Waals surface area contributed by atoms with Gasteiger partial charge in [-0.1, -0.05) is 13.0 Å². The normalized spacial score (nSPS) is 11.7. The van der Waals surface area contributed by atoms with Crippen LogP contribution in [0.15, 0.2) is 23.2 Å². The molecule has 1 aromatic carbocycles. The summed E-state index contributed by atoms with van der Waals surface area (Å²) in [6.45, 7) is 13.4. The number of benzene rings is 1. The predicted octanol–water partition coefficient (Wildman–Crippen LogP) is 3.38. The summed E-state index contributed by atoms with van der Waals surface area (Å²) in [5.41, 5.74) is 9.44. The van der Waals surface area contributed by atoms with Gasteiger partial charge >= 0.3 is 0 Å². The second-order valence-corrected chi connectivity index (χ2v) is 5.41. The maximum Gasteiger partial charge on any atom is 0.193 e. The van der Waals surface area contributed by atoms with Crippen LogP contribution < -0.4 is 11.1 Å². The van der Waals surface area contributed by atoms with Gasteiger partial charge in [0.2, 0.25) is 0 Å². The number of nitrogens with one attached hydrogen (secondary N) is 1. The minimum Gasteiger partial charge on any atom is -0.370 e. The van der Waals surface area contributed by atoms with Gasteiger partial charge in [-0.3, -0.25) is 9.89 Å². The number of guanidine groups is 1. The monoisotopic (exact) mass is 404 g/mol. The molecule has 0 radical (unpaired) electrons. The summed E-state index contributed by atoms with van der Waals surface area (Å²) in [4.78, 5) is 6.75. The average molecular weight is 404 g/mol. The van der Waals surface area contributed by atoms with E-state index in [4.69, 9.17) is 5.73 Å². The minimum atomic E-state index is 0. The van der Waals surface area contributed by atoms with Crippen LogP contribution in [-0.2, 0) is 0 Å². The number of hydrogen-bond acceptors (Lipinski definition) is 2. The zero-order chi connectivity index (χ0) is 15.1. The van der Waals surface area contributed by atoms with Crippen molar-refractivity contribution in [3.8, 4) is 0 Å². The third kappa shape index (κ3) is 7.13. The number of rotatable bonds is 6. The van der Waals surface area contributed by atoms with Gasteiger partial charge in [-0.05, 0) is 57.5 Å². The van der Waals surface area contributed by atoms with Crippen LogP contribution >= 0.6 is 24.0 Å². The van der Waals surface area contributed by atoms with Crippen LogP contribution in [0.4, 0.5) is 5.69 Å². The predicted molar refractivity (Wildman–Crippen MR) is 104 cm³/mol. The fourth-order valence-electron chi connectivity index (χ4n) is 2.09. The van der Waals surface area contributed by atoms with E-state index in [1.54, 1.807) is 0 Å². The van der Waals surface area contributed by atoms with Crippen LogP contribution in [0.5, 0.6) is 0 Å². The molecule has 21 heavy (non-hydrogen) atoms. The van der Waals surface area contributed by atoms with Crippen molar-refractivity contribution in [2.45, 2.75) is 40.7 Å². The molecule has 0 aliphatic carbocycles. The van der Waals surface area contributed by atoms with E-state index in [1.807, 2.05) is 6.07 Å². The Morgan fingerprint density at radius 2 is 1.95 bits per heavy atom. The van der Waals surface area contributed by atoms with Gasteiger partial charge in [0.25, 0.3) is 0 Å². The lowest BCUT2D eigenvalue weighted by atomic mass is 10.1. The summed E-state index contributed by atoms with van der Waals surface area (Å²) in [5.74, 6) is 0.480. The van der Waals surface area contributed by atoms with Crippen LogP contribution in [0.1, 0.15) is 31.9 Å². The third-order valence-corrected chi connectivity index (χ3v) is 3.59. The van der Waals surface area contributed by atoms with Crippen LogP contribution in [0, 0.1) is 13.8 Å². The van der Waals surface area contributed by atoms with E-state index < -0.39 is 0 Å². The van der Waals surface area contributed by atoms with Crippen molar-refractivity contribution in [1.29, 1.82) is 0 Å². The van der Waals surface area contributed by atoms with Crippen molar-refractivity contribution in [1.82, 2.24) is 4.90 Å². The van der Waals surface area contributed by atoms with Gasteiger partial charge in [0, 0.05) is 18.3 Å². The molecule has 0 aliphatic rings. The highest BCUT2D eigenvalue weighted by Crippen LogP contribution is 2.13. The summed E-state index contributed by atoms with van der Waals surface area (Å²) in [5, 5.41) is 3.14. The molecule has 1 aromatic rings. The van der Waals surface area contributed by atoms with E-state index in [0.717, 1.165) is 25.3 Å². The SMILES string of the molecule is CCN(CCN=C(N)Nc1ccc(C)c(C)c1)C(C)C.I. The summed E-state index contributed by atoms with van der Waals surface area (Å²) in [6, 6.07) is 6.74. The van der Waals surface area contributed by atoms with E-state index >= 15 is 0 Å². The van der Waals surface area contributed by atoms with Gasteiger partial charge in [0.05, 0.1) is 6.54 Å². The Morgan fingerprint density at radius 1 is 1.29 bits per heavy atom. The first-order chi connectivity index (χ1) is 9.43. The molecule has 0 fully saturated rings. The van der Waals surface area contributed by atoms with Gasteiger partial charge in [-0.15, -0.1) is 24.0 Å². The topological polar surface area (TPSA) is 53.6 Å². The number of likely N-dealkylation sites (N-methyl/N-ethyl adjacent to an activating group) is 1. The zero-order valence-corrected chi connectivity index (χ0v) is 16.1. The van der Waals surface area contributed by atoms with Gasteiger partial charge in [-0.25, -0.2) is 0 Å². The fourth-order valence-corrected chi connectivity index (χ4v) is 2.09. The van der Waals surface area contributed by atoms with Crippen molar-refractivity contribution in [3.05, 3.63) is 29.3 Å². The Hall–Kier alpha value is -0.820. The van der Waals surface area contributed by atoms with E-state index in [0.29, 0.717) is 12.0 Å². The standard InChI is InChI=1S/C16H28N4.HI/c1-6-20(12(2)3)10-9-18-16(17)19-15-8-7-13(4)14(5)11-15;/h7-8,11-12H,6,9-10H2,1-5H3,(H3,17,18,19);1H. The molecule has 0 atom stereocenters. The highest BCUT2D eigenvalue weighted by atomic mass is 127. The first-order valence-electron chi connectivity index (χ1n) is 7.32. The summed E-state index contributed by atoms with van der Waals surface area (Å²) in [6.07, 6.45) is 0. The van der Waals surface area contributed by atoms with Gasteiger partial charge in [-0.2, -0.15) is 0 Å². The van der Waals surface area contributed by atoms with Crippen molar-refractivity contribution < 1.29 is 0 Å². The molecule has 0 saturated carbocycles. The number of aryl methyl sites for hydroxylation is 2. The maximum absolute atomic E-state index is 5.92. The Morgan fingerprint density at radius 3 is 2.48 bits per heavy atom. The zero-order valence-electron chi connectivity index (χ0n) is 13.8. The number of nitrogens with zero attached hydrogens (tertiary/aromatic N) is 2. The molecule has 0 amide bonds. The van der Waals surface area contributed by atoms with Crippen LogP contribution in [0.25, 0.3) is 0 Å². The van der Waals surface area contributed by atoms with E-state index in [-0.39, 0.29) is 24.0 Å². The molecule has 0 heterocycles. The molecule has 1 rings (SSSR count). The molecule has 5 heteroatoms. The molecule has 0 unspecified atom stereocenters. The van der Waals surface area contributed by atoms with Gasteiger partial charge in [0.15, 0.2) is 5.96 Å². The van der Waals surface area contributed by atoms with Crippen molar-refractivity contribution in [2.24, 2.45) is 10.7 Å². The molecular weight excluding hydrogens is 375 g/mol. The highest BCUT2D eigenvalue weighted by Gasteiger charge is 2.05. The molecule has 120 valence electrons. The first kappa shape index (κ1) is 20.2. The molecule has 0 bridgehead atoms. The molecule has 4 nitrogen and oxygen atoms in total. The quantitative estimate of drug-likeness (QED) is 0.434. The van der Waals surface area contributed by atoms with Crippen LogP contribution in [-0.4, -0.2) is 36.5 Å². The summed E-state index contributed by atoms with van der Waals surface area (Å²) < 4.78 is 0. The van der Waals surface area contributed by atoms with E-state index in [9.17, 15) is 0 Å². The van der Waals surface area contributed by atoms with Crippen molar-refractivity contribution in [3.63, 3.8) is 0 Å². The van der Waals surface area contributed by atoms with E-state index in [2.05, 4.69) is 62.0 Å². The largest absolute Gasteiger partial charge is 0.370 e. The number of aliphatic imine (C=N–C) groups is 1. The van der Waals surface area contributed by atoms with Crippen molar-refractivity contribution >= 4 is 35.6 Å². The first-order valence-corrected chi connectivity index (χ1v) is 7.32. The number of nitrogens with two attached hydrogens (primary N) is 1. The Balaban J connectivity index is 0.00000400. The molecule has 0 saturated heterocycles. The van der Waals surface area contributed by atoms with Crippen molar-refractivity contribution in [2.75, 3.05) is 25.0 Å². The second kappa shape index (κ2) is 10.00. The van der Waals surface area contributed by atoms with Crippen LogP contribution in [0.3, 0.4) is 0 Å². The molecular formula is C16H29IN4. The lowest BCUT2D eigenvalue weighted by Gasteiger charge is -2.23. The number of hydrogen-bond donors (Lipinski definition) is 2. The summed E-state index contributed by atoms with van der Waals surface area (Å²) >= 11 is 0. The lowest BCUT2D eigenvalue weighted by Crippen LogP contribution is -2.33. The molecule has 0 aromatic heterocycles. The third-order valence-electron chi connectivity index (χ3n) is 3.59. The smallest absolute Gasteiger partial charge is 0.193 e. The molecule has 3 N–H and O–H groups in total. The number of anilines is 1. The van der Waals surface area contributed by atoms with Gasteiger partial charge < -0.3 is 11.1 Å².